The summed E-state index contributed by atoms with van der Waals surface area (Å²) in [6.07, 6.45) is 4.71. The Morgan fingerprint density at radius 2 is 1.46 bits per heavy atom. The number of benzene rings is 4. The number of aromatic nitrogens is 2. The van der Waals surface area contributed by atoms with Crippen LogP contribution in [0.1, 0.15) is 22.3 Å². The van der Waals surface area contributed by atoms with Crippen LogP contribution in [-0.4, -0.2) is 9.97 Å². The predicted molar refractivity (Wildman–Crippen MR) is 163 cm³/mol. The Labute approximate surface area is 254 Å². The minimum absolute atomic E-state index is 0. The molecule has 0 atom stereocenters. The fraction of sp³-hybridized carbons (Fsp3) is 0.0811. The van der Waals surface area contributed by atoms with Crippen LogP contribution in [0.4, 0.5) is 0 Å². The van der Waals surface area contributed by atoms with Crippen molar-refractivity contribution in [2.45, 2.75) is 20.3 Å². The summed E-state index contributed by atoms with van der Waals surface area (Å²) >= 11 is 0. The minimum Gasteiger partial charge on any atom is -0.501 e. The molecule has 0 N–H and O–H groups in total. The number of fused-ring (bicyclic) bond motifs is 3. The van der Waals surface area contributed by atoms with E-state index >= 15 is 0 Å². The molecule has 0 saturated heterocycles. The van der Waals surface area contributed by atoms with E-state index in [2.05, 4.69) is 77.6 Å². The van der Waals surface area contributed by atoms with E-state index in [1.54, 1.807) is 0 Å². The first-order valence-electron chi connectivity index (χ1n) is 13.4. The number of aryl methyl sites for hydroxylation is 2. The van der Waals surface area contributed by atoms with Crippen molar-refractivity contribution in [1.29, 1.82) is 0 Å². The third kappa shape index (κ3) is 6.35. The molecule has 0 aliphatic carbocycles. The van der Waals surface area contributed by atoms with Crippen molar-refractivity contribution in [1.82, 2.24) is 9.97 Å². The Morgan fingerprint density at radius 3 is 2.24 bits per heavy atom. The summed E-state index contributed by atoms with van der Waals surface area (Å²) in [6.45, 7) is 4.14. The van der Waals surface area contributed by atoms with Crippen molar-refractivity contribution >= 4 is 21.9 Å². The summed E-state index contributed by atoms with van der Waals surface area (Å²) < 4.78 is 6.16. The summed E-state index contributed by atoms with van der Waals surface area (Å²) in [5.74, 6) is 0. The number of pyridine rings is 2. The van der Waals surface area contributed by atoms with Crippen LogP contribution in [0.2, 0.25) is 0 Å². The molecule has 4 aromatic carbocycles. The molecule has 0 spiro atoms. The van der Waals surface area contributed by atoms with Gasteiger partial charge >= 0.3 is 0 Å². The SMILES string of the molecule is Cc1ccc(-c2[c-]cccc2)nc1.Cc1cnc(-c2[c-]ccc3c2oc2ccccc23)cc1Cc1ccccc1.[Ir]. The van der Waals surface area contributed by atoms with Gasteiger partial charge in [0.25, 0.3) is 0 Å². The average Bonchev–Trinajstić information content (AvgIpc) is 3.39. The van der Waals surface area contributed by atoms with Gasteiger partial charge in [-0.1, -0.05) is 77.7 Å². The van der Waals surface area contributed by atoms with Gasteiger partial charge in [0.05, 0.1) is 5.58 Å². The molecule has 4 heteroatoms. The molecule has 3 nitrogen and oxygen atoms in total. The van der Waals surface area contributed by atoms with E-state index in [4.69, 9.17) is 4.42 Å². The quantitative estimate of drug-likeness (QED) is 0.171. The van der Waals surface area contributed by atoms with E-state index in [0.29, 0.717) is 0 Å². The molecule has 1 radical (unpaired) electrons. The molecule has 0 fully saturated rings. The fourth-order valence-electron chi connectivity index (χ4n) is 4.77. The first-order valence-corrected chi connectivity index (χ1v) is 13.4. The molecular formula is C37H28IrN2O-2. The van der Waals surface area contributed by atoms with Crippen molar-refractivity contribution in [3.8, 4) is 22.5 Å². The maximum absolute atomic E-state index is 6.16. The molecule has 41 heavy (non-hydrogen) atoms. The maximum atomic E-state index is 6.16. The van der Waals surface area contributed by atoms with Crippen LogP contribution in [-0.2, 0) is 26.5 Å². The molecule has 7 rings (SSSR count). The van der Waals surface area contributed by atoms with Crippen LogP contribution in [0.3, 0.4) is 0 Å². The molecule has 0 unspecified atom stereocenters. The van der Waals surface area contributed by atoms with Crippen molar-refractivity contribution < 1.29 is 24.5 Å². The smallest absolute Gasteiger partial charge is 0.120 e. The van der Waals surface area contributed by atoms with Crippen LogP contribution in [0.15, 0.2) is 126 Å². The van der Waals surface area contributed by atoms with Gasteiger partial charge in [0, 0.05) is 37.9 Å². The van der Waals surface area contributed by atoms with Crippen molar-refractivity contribution in [3.05, 3.63) is 156 Å². The summed E-state index contributed by atoms with van der Waals surface area (Å²) in [4.78, 5) is 9.00. The molecule has 3 aromatic heterocycles. The van der Waals surface area contributed by atoms with Crippen LogP contribution < -0.4 is 0 Å². The molecular weight excluding hydrogens is 681 g/mol. The average molecular weight is 709 g/mol. The van der Waals surface area contributed by atoms with Gasteiger partial charge in [0.2, 0.25) is 0 Å². The first kappa shape index (κ1) is 28.2. The summed E-state index contributed by atoms with van der Waals surface area (Å²) in [5.41, 5.74) is 10.5. The second-order valence-corrected chi connectivity index (χ2v) is 9.85. The summed E-state index contributed by atoms with van der Waals surface area (Å²) in [6, 6.07) is 43.3. The van der Waals surface area contributed by atoms with Gasteiger partial charge < -0.3 is 14.4 Å². The maximum Gasteiger partial charge on any atom is 0.120 e. The topological polar surface area (TPSA) is 38.9 Å². The standard InChI is InChI=1S/C25H18NO.C12H10N.Ir/c1-17-16-26-23(15-19(17)14-18-8-3-2-4-9-18)22-12-7-11-21-20-10-5-6-13-24(20)27-25(21)22;1-10-7-8-12(13-9-10)11-5-3-2-4-6-11;/h2-11,13,15-16H,14H2,1H3;2-5,7-9H,1H3;/q2*-1;. The van der Waals surface area contributed by atoms with Crippen LogP contribution in [0.5, 0.6) is 0 Å². The largest absolute Gasteiger partial charge is 0.501 e. The fourth-order valence-corrected chi connectivity index (χ4v) is 4.77. The van der Waals surface area contributed by atoms with E-state index in [1.807, 2.05) is 80.0 Å². The minimum atomic E-state index is 0. The first-order chi connectivity index (χ1) is 19.7. The van der Waals surface area contributed by atoms with Crippen LogP contribution in [0.25, 0.3) is 44.5 Å². The second-order valence-electron chi connectivity index (χ2n) is 9.85. The Kier molecular flexibility index (Phi) is 8.84. The molecule has 203 valence electrons. The molecule has 0 amide bonds. The Hall–Kier alpha value is -4.37. The molecule has 3 heterocycles. The van der Waals surface area contributed by atoms with E-state index in [9.17, 15) is 0 Å². The van der Waals surface area contributed by atoms with Crippen molar-refractivity contribution in [3.63, 3.8) is 0 Å². The van der Waals surface area contributed by atoms with Gasteiger partial charge in [-0.25, -0.2) is 0 Å². The van der Waals surface area contributed by atoms with E-state index in [-0.39, 0.29) is 20.1 Å². The summed E-state index contributed by atoms with van der Waals surface area (Å²) in [7, 11) is 0. The molecule has 0 bridgehead atoms. The zero-order valence-electron chi connectivity index (χ0n) is 22.9. The molecule has 7 aromatic rings. The third-order valence-electron chi connectivity index (χ3n) is 6.94. The van der Waals surface area contributed by atoms with E-state index in [0.717, 1.165) is 50.9 Å². The Bertz CT molecular complexity index is 1880. The van der Waals surface area contributed by atoms with Gasteiger partial charge in [-0.15, -0.1) is 54.1 Å². The van der Waals surface area contributed by atoms with Gasteiger partial charge in [0.15, 0.2) is 0 Å². The van der Waals surface area contributed by atoms with Crippen LogP contribution >= 0.6 is 0 Å². The summed E-state index contributed by atoms with van der Waals surface area (Å²) in [5, 5.41) is 2.23. The monoisotopic (exact) mass is 709 g/mol. The number of para-hydroxylation sites is 1. The van der Waals surface area contributed by atoms with Crippen molar-refractivity contribution in [2.24, 2.45) is 0 Å². The van der Waals surface area contributed by atoms with E-state index < -0.39 is 0 Å². The number of hydrogen-bond donors (Lipinski definition) is 0. The van der Waals surface area contributed by atoms with E-state index in [1.165, 1.54) is 22.3 Å². The molecule has 0 aliphatic heterocycles. The normalized spacial score (nSPS) is 10.6. The van der Waals surface area contributed by atoms with Gasteiger partial charge in [-0.2, -0.15) is 0 Å². The predicted octanol–water partition coefficient (Wildman–Crippen LogP) is 9.20. The number of rotatable bonds is 4. The second kappa shape index (κ2) is 12.9. The number of furan rings is 1. The Balaban J connectivity index is 0.000000204. The van der Waals surface area contributed by atoms with Crippen LogP contribution in [0, 0.1) is 26.0 Å². The van der Waals surface area contributed by atoms with Gasteiger partial charge in [-0.05, 0) is 60.0 Å². The zero-order valence-corrected chi connectivity index (χ0v) is 25.3. The number of nitrogens with zero attached hydrogens (tertiary/aromatic N) is 2. The van der Waals surface area contributed by atoms with Gasteiger partial charge in [-0.3, -0.25) is 0 Å². The number of hydrogen-bond acceptors (Lipinski definition) is 3. The Morgan fingerprint density at radius 1 is 0.683 bits per heavy atom. The third-order valence-corrected chi connectivity index (χ3v) is 6.94. The van der Waals surface area contributed by atoms with Crippen molar-refractivity contribution in [2.75, 3.05) is 0 Å². The van der Waals surface area contributed by atoms with Gasteiger partial charge in [0.1, 0.15) is 5.58 Å². The zero-order chi connectivity index (χ0) is 27.3. The molecule has 0 aliphatic rings. The molecule has 0 saturated carbocycles.